The molecule has 0 heterocycles. The van der Waals surface area contributed by atoms with Gasteiger partial charge in [0.25, 0.3) is 6.29 Å². The Morgan fingerprint density at radius 1 is 0.345 bits per heavy atom. The molecule has 0 fully saturated rings. The van der Waals surface area contributed by atoms with Crippen molar-refractivity contribution in [1.82, 2.24) is 0 Å². The maximum absolute atomic E-state index is 12.9. The summed E-state index contributed by atoms with van der Waals surface area (Å²) in [4.78, 5) is 37.6. The third-order valence-electron chi connectivity index (χ3n) is 14.3. The van der Waals surface area contributed by atoms with E-state index < -0.39 is 24.3 Å². The Balaban J connectivity index is 4.19. The Morgan fingerprint density at radius 2 is 0.621 bits per heavy atom. The van der Waals surface area contributed by atoms with Gasteiger partial charge in [-0.3, -0.25) is 9.59 Å². The highest BCUT2D eigenvalue weighted by Crippen LogP contribution is 2.16. The molecule has 0 aromatic heterocycles. The lowest BCUT2D eigenvalue weighted by Crippen LogP contribution is -2.40. The molecule has 9 nitrogen and oxygen atoms in total. The molecule has 0 aromatic carbocycles. The van der Waals surface area contributed by atoms with Crippen molar-refractivity contribution in [2.75, 3.05) is 47.5 Å². The van der Waals surface area contributed by atoms with Crippen molar-refractivity contribution in [3.63, 3.8) is 0 Å². The number of likely N-dealkylation sites (N-methyl/N-ethyl adjacent to an activating group) is 1. The van der Waals surface area contributed by atoms with Crippen LogP contribution in [0.25, 0.3) is 0 Å². The molecule has 0 bridgehead atoms. The lowest BCUT2D eigenvalue weighted by molar-refractivity contribution is -0.870. The van der Waals surface area contributed by atoms with Gasteiger partial charge in [0, 0.05) is 12.8 Å². The van der Waals surface area contributed by atoms with E-state index in [0.29, 0.717) is 17.4 Å². The fourth-order valence-corrected chi connectivity index (χ4v) is 9.06. The highest BCUT2D eigenvalue weighted by atomic mass is 16.7. The minimum Gasteiger partial charge on any atom is -0.477 e. The van der Waals surface area contributed by atoms with Crippen molar-refractivity contribution in [2.45, 2.75) is 270 Å². The standard InChI is InChI=1S/C78H127NO8/c1-6-8-10-12-14-16-18-20-22-24-26-28-30-32-34-35-36-37-38-39-40-41-43-44-46-48-50-52-54-56-58-60-62-64-66-68-75(80)85-72-74(73-86-78(77(82)83)84-71-70-79(3,4)5)87-76(81)69-67-65-63-61-59-57-55-53-51-49-47-45-42-33-31-29-27-25-23-21-19-17-15-13-11-9-7-2/h8-11,14-17,20-23,26-29,32-34,42,47,49,53,55,59,61,74,78H,6-7,12-13,18-19,24-25,30-31,35-41,43-46,48,50-52,54,56-58,60,62-73H2,1-5H3/p+1/b10-8-,11-9-,16-14-,17-15-,22-20-,23-21-,28-26-,29-27-,34-32-,42-33-,49-47-,55-53-,61-59-. The molecule has 0 aliphatic heterocycles. The Bertz CT molecular complexity index is 1990. The third-order valence-corrected chi connectivity index (χ3v) is 14.3. The number of hydrogen-bond donors (Lipinski definition) is 1. The van der Waals surface area contributed by atoms with Gasteiger partial charge in [-0.05, 0) is 122 Å². The number of quaternary nitrogens is 1. The summed E-state index contributed by atoms with van der Waals surface area (Å²) in [7, 11) is 5.95. The summed E-state index contributed by atoms with van der Waals surface area (Å²) in [5.74, 6) is -2.07. The largest absolute Gasteiger partial charge is 0.477 e. The van der Waals surface area contributed by atoms with Crippen LogP contribution in [0.15, 0.2) is 158 Å². The zero-order valence-corrected chi connectivity index (χ0v) is 56.1. The average Bonchev–Trinajstić information content (AvgIpc) is 3.56. The predicted molar refractivity (Wildman–Crippen MR) is 373 cm³/mol. The molecule has 0 radical (unpaired) electrons. The SMILES string of the molecule is CC/C=C\C/C=C\C/C=C\C/C=C\C/C=C\C/C=C\C/C=C\C/C=C\CCCCC(=O)OC(COC(=O)CCCCCCCCCCCCCCCCCCCCC/C=C\C/C=C\C/C=C\C/C=C\C/C=C\CC)COC(OCC[N+](C)(C)C)C(=O)O. The van der Waals surface area contributed by atoms with Crippen LogP contribution in [0.4, 0.5) is 0 Å². The number of carbonyl (C=O) groups is 3. The molecule has 0 aromatic rings. The van der Waals surface area contributed by atoms with Gasteiger partial charge >= 0.3 is 17.9 Å². The van der Waals surface area contributed by atoms with Crippen LogP contribution < -0.4 is 0 Å². The molecule has 0 spiro atoms. The number of esters is 2. The number of hydrogen-bond acceptors (Lipinski definition) is 7. The van der Waals surface area contributed by atoms with Gasteiger partial charge in [-0.25, -0.2) is 4.79 Å². The summed E-state index contributed by atoms with van der Waals surface area (Å²) in [6.45, 7) is 4.59. The Kier molecular flexibility index (Phi) is 62.9. The summed E-state index contributed by atoms with van der Waals surface area (Å²) in [6, 6.07) is 0. The first-order chi connectivity index (χ1) is 42.6. The highest BCUT2D eigenvalue weighted by molar-refractivity contribution is 5.71. The molecule has 2 atom stereocenters. The molecule has 2 unspecified atom stereocenters. The van der Waals surface area contributed by atoms with Gasteiger partial charge < -0.3 is 28.5 Å². The molecule has 1 N–H and O–H groups in total. The second-order valence-electron chi connectivity index (χ2n) is 23.7. The number of allylic oxidation sites excluding steroid dienone is 26. The first-order valence-electron chi connectivity index (χ1n) is 34.6. The molecule has 0 aliphatic carbocycles. The van der Waals surface area contributed by atoms with Crippen LogP contribution in [-0.2, 0) is 33.3 Å². The molecule has 0 aliphatic rings. The summed E-state index contributed by atoms with van der Waals surface area (Å²) >= 11 is 0. The van der Waals surface area contributed by atoms with E-state index in [0.717, 1.165) is 116 Å². The number of nitrogens with zero attached hydrogens (tertiary/aromatic N) is 1. The van der Waals surface area contributed by atoms with Crippen LogP contribution in [0.5, 0.6) is 0 Å². The first kappa shape index (κ1) is 81.9. The number of carboxylic acid groups (broad SMARTS) is 1. The number of aliphatic carboxylic acids is 1. The molecule has 0 saturated carbocycles. The van der Waals surface area contributed by atoms with Gasteiger partial charge in [-0.2, -0.15) is 0 Å². The molecule has 492 valence electrons. The maximum Gasteiger partial charge on any atom is 0.361 e. The number of rotatable bonds is 62. The summed E-state index contributed by atoms with van der Waals surface area (Å²) in [5, 5.41) is 9.74. The third kappa shape index (κ3) is 68.3. The Labute approximate surface area is 534 Å². The molecule has 87 heavy (non-hydrogen) atoms. The predicted octanol–water partition coefficient (Wildman–Crippen LogP) is 21.7. The second-order valence-corrected chi connectivity index (χ2v) is 23.7. The van der Waals surface area contributed by atoms with Gasteiger partial charge in [0.05, 0.1) is 34.4 Å². The number of unbranched alkanes of at least 4 members (excludes halogenated alkanes) is 21. The monoisotopic (exact) mass is 1210 g/mol. The molecular formula is C78H128NO8+. The zero-order chi connectivity index (χ0) is 63.3. The smallest absolute Gasteiger partial charge is 0.361 e. The maximum atomic E-state index is 12.9. The molecule has 0 saturated heterocycles. The second kappa shape index (κ2) is 66.9. The van der Waals surface area contributed by atoms with E-state index in [1.165, 1.54) is 109 Å². The van der Waals surface area contributed by atoms with E-state index in [1.807, 2.05) is 21.1 Å². The molecule has 0 rings (SSSR count). The van der Waals surface area contributed by atoms with Crippen molar-refractivity contribution < 1.29 is 42.9 Å². The minimum absolute atomic E-state index is 0.172. The average molecular weight is 1210 g/mol. The highest BCUT2D eigenvalue weighted by Gasteiger charge is 2.25. The van der Waals surface area contributed by atoms with E-state index in [9.17, 15) is 19.5 Å². The Hall–Kier alpha value is -5.09. The van der Waals surface area contributed by atoms with Crippen LogP contribution in [-0.4, -0.2) is 87.4 Å². The van der Waals surface area contributed by atoms with E-state index in [-0.39, 0.29) is 38.6 Å². The van der Waals surface area contributed by atoms with Crippen molar-refractivity contribution in [3.05, 3.63) is 158 Å². The van der Waals surface area contributed by atoms with Crippen LogP contribution in [0, 0.1) is 0 Å². The van der Waals surface area contributed by atoms with E-state index in [1.54, 1.807) is 0 Å². The van der Waals surface area contributed by atoms with Gasteiger partial charge in [-0.15, -0.1) is 0 Å². The minimum atomic E-state index is -1.53. The van der Waals surface area contributed by atoms with Crippen molar-refractivity contribution >= 4 is 17.9 Å². The van der Waals surface area contributed by atoms with E-state index >= 15 is 0 Å². The zero-order valence-electron chi connectivity index (χ0n) is 56.1. The lowest BCUT2D eigenvalue weighted by atomic mass is 10.0. The fourth-order valence-electron chi connectivity index (χ4n) is 9.06. The fraction of sp³-hybridized carbons (Fsp3) is 0.628. The number of ether oxygens (including phenoxy) is 4. The Morgan fingerprint density at radius 3 is 0.943 bits per heavy atom. The summed E-state index contributed by atoms with van der Waals surface area (Å²) in [5.41, 5.74) is 0. The van der Waals surface area contributed by atoms with Crippen molar-refractivity contribution in [1.29, 1.82) is 0 Å². The number of carboxylic acids is 1. The number of carbonyl (C=O) groups excluding carboxylic acids is 2. The topological polar surface area (TPSA) is 108 Å². The first-order valence-corrected chi connectivity index (χ1v) is 34.6. The molecular weight excluding hydrogens is 1080 g/mol. The lowest BCUT2D eigenvalue weighted by Gasteiger charge is -2.25. The quantitative estimate of drug-likeness (QED) is 0.0211. The van der Waals surface area contributed by atoms with Gasteiger partial charge in [0.1, 0.15) is 13.2 Å². The summed E-state index contributed by atoms with van der Waals surface area (Å²) in [6.07, 6.45) is 96.5. The normalized spacial score (nSPS) is 13.7. The van der Waals surface area contributed by atoms with Crippen molar-refractivity contribution in [2.24, 2.45) is 0 Å². The van der Waals surface area contributed by atoms with Crippen molar-refractivity contribution in [3.8, 4) is 0 Å². The van der Waals surface area contributed by atoms with Gasteiger partial charge in [-0.1, -0.05) is 281 Å². The van der Waals surface area contributed by atoms with E-state index in [2.05, 4.69) is 172 Å². The molecule has 0 amide bonds. The van der Waals surface area contributed by atoms with Gasteiger partial charge in [0.2, 0.25) is 0 Å². The molecule has 9 heteroatoms. The van der Waals surface area contributed by atoms with Crippen LogP contribution >= 0.6 is 0 Å². The summed E-state index contributed by atoms with van der Waals surface area (Å²) < 4.78 is 22.9. The van der Waals surface area contributed by atoms with E-state index in [4.69, 9.17) is 18.9 Å². The van der Waals surface area contributed by atoms with Crippen LogP contribution in [0.3, 0.4) is 0 Å². The van der Waals surface area contributed by atoms with Gasteiger partial charge in [0.15, 0.2) is 6.10 Å². The van der Waals surface area contributed by atoms with Crippen LogP contribution in [0.2, 0.25) is 0 Å². The van der Waals surface area contributed by atoms with Crippen LogP contribution in [0.1, 0.15) is 258 Å².